The van der Waals surface area contributed by atoms with Gasteiger partial charge < -0.3 is 4.74 Å². The van der Waals surface area contributed by atoms with Gasteiger partial charge in [0.2, 0.25) is 11.8 Å². The van der Waals surface area contributed by atoms with E-state index in [-0.39, 0.29) is 11.4 Å². The highest BCUT2D eigenvalue weighted by molar-refractivity contribution is 7.86. The molecule has 0 saturated carbocycles. The minimum atomic E-state index is -1.51. The summed E-state index contributed by atoms with van der Waals surface area (Å²) in [7, 11) is -0.0885. The zero-order chi connectivity index (χ0) is 21.5. The van der Waals surface area contributed by atoms with Crippen molar-refractivity contribution in [3.8, 4) is 17.1 Å². The van der Waals surface area contributed by atoms with Gasteiger partial charge in [-0.3, -0.25) is 9.71 Å². The van der Waals surface area contributed by atoms with Crippen LogP contribution in [0.2, 0.25) is 0 Å². The van der Waals surface area contributed by atoms with E-state index in [1.54, 1.807) is 54.9 Å². The van der Waals surface area contributed by atoms with Crippen molar-refractivity contribution in [3.63, 3.8) is 0 Å². The van der Waals surface area contributed by atoms with Crippen LogP contribution in [0, 0.1) is 5.95 Å². The van der Waals surface area contributed by atoms with Gasteiger partial charge >= 0.3 is 0 Å². The van der Waals surface area contributed by atoms with Gasteiger partial charge in [0.15, 0.2) is 11.0 Å². The van der Waals surface area contributed by atoms with Gasteiger partial charge in [-0.2, -0.15) is 9.37 Å². The minimum absolute atomic E-state index is 0.190. The molecule has 0 bridgehead atoms. The van der Waals surface area contributed by atoms with E-state index in [1.807, 2.05) is 13.8 Å². The van der Waals surface area contributed by atoms with E-state index in [0.29, 0.717) is 16.4 Å². The highest BCUT2D eigenvalue weighted by Crippen LogP contribution is 2.30. The molecule has 1 aromatic carbocycles. The van der Waals surface area contributed by atoms with Crippen molar-refractivity contribution >= 4 is 27.6 Å². The number of nitrogens with one attached hydrogen (secondary N) is 1. The number of fused-ring (bicyclic) bond motifs is 1. The smallest absolute Gasteiger partial charge is 0.225 e. The maximum Gasteiger partial charge on any atom is 0.225 e. The SMILES string of the molecule is CC.COc1ccc(-c2nccc3cc(S(=O)Nc4ccncn4)ccc23)c(F)n1. The Hall–Kier alpha value is -3.46. The second-order valence-corrected chi connectivity index (χ2v) is 6.91. The second kappa shape index (κ2) is 9.84. The van der Waals surface area contributed by atoms with Gasteiger partial charge in [-0.25, -0.2) is 14.2 Å². The molecule has 0 aliphatic heterocycles. The number of aromatic nitrogens is 4. The van der Waals surface area contributed by atoms with E-state index in [1.165, 1.54) is 13.4 Å². The molecule has 0 amide bonds. The molecule has 4 aromatic rings. The average molecular weight is 425 g/mol. The Morgan fingerprint density at radius 2 is 1.87 bits per heavy atom. The van der Waals surface area contributed by atoms with Crippen molar-refractivity contribution < 1.29 is 13.3 Å². The number of halogens is 1. The van der Waals surface area contributed by atoms with Crippen LogP contribution in [0.4, 0.5) is 10.2 Å². The van der Waals surface area contributed by atoms with Gasteiger partial charge in [-0.1, -0.05) is 19.9 Å². The summed E-state index contributed by atoms with van der Waals surface area (Å²) in [5, 5.41) is 1.49. The van der Waals surface area contributed by atoms with Gasteiger partial charge in [-0.15, -0.1) is 0 Å². The topological polar surface area (TPSA) is 89.9 Å². The fraction of sp³-hybridized carbons (Fsp3) is 0.143. The van der Waals surface area contributed by atoms with E-state index in [4.69, 9.17) is 4.74 Å². The van der Waals surface area contributed by atoms with Crippen LogP contribution in [0.1, 0.15) is 13.8 Å². The van der Waals surface area contributed by atoms with E-state index < -0.39 is 16.9 Å². The summed E-state index contributed by atoms with van der Waals surface area (Å²) in [5.74, 6) is -0.0253. The van der Waals surface area contributed by atoms with E-state index in [0.717, 1.165) is 10.8 Å². The minimum Gasteiger partial charge on any atom is -0.481 e. The number of nitrogens with zero attached hydrogens (tertiary/aromatic N) is 4. The number of methoxy groups -OCH3 is 1. The summed E-state index contributed by atoms with van der Waals surface area (Å²) >= 11 is 0. The first-order valence-corrected chi connectivity index (χ1v) is 10.3. The molecule has 9 heteroatoms. The fourth-order valence-corrected chi connectivity index (χ4v) is 3.55. The molecule has 1 N–H and O–H groups in total. The summed E-state index contributed by atoms with van der Waals surface area (Å²) in [6.07, 6.45) is 4.50. The zero-order valence-corrected chi connectivity index (χ0v) is 17.5. The molecule has 0 saturated heterocycles. The molecule has 0 aliphatic carbocycles. The molecule has 0 fully saturated rings. The molecule has 1 unspecified atom stereocenters. The highest BCUT2D eigenvalue weighted by Gasteiger charge is 2.14. The first kappa shape index (κ1) is 21.3. The summed E-state index contributed by atoms with van der Waals surface area (Å²) in [6.45, 7) is 4.00. The van der Waals surface area contributed by atoms with Crippen LogP contribution in [0.25, 0.3) is 22.0 Å². The molecule has 3 heterocycles. The van der Waals surface area contributed by atoms with Crippen molar-refractivity contribution in [2.24, 2.45) is 0 Å². The second-order valence-electron chi connectivity index (χ2n) is 5.70. The lowest BCUT2D eigenvalue weighted by molar-refractivity contribution is 0.388. The van der Waals surface area contributed by atoms with Gasteiger partial charge in [0, 0.05) is 23.8 Å². The van der Waals surface area contributed by atoms with E-state index in [2.05, 4.69) is 24.7 Å². The van der Waals surface area contributed by atoms with Crippen LogP contribution in [0.15, 0.2) is 66.1 Å². The summed E-state index contributed by atoms with van der Waals surface area (Å²) < 4.78 is 34.7. The molecule has 4 rings (SSSR count). The Labute approximate surface area is 176 Å². The molecule has 0 radical (unpaired) electrons. The molecule has 1 atom stereocenters. The largest absolute Gasteiger partial charge is 0.481 e. The first-order valence-electron chi connectivity index (χ1n) is 9.20. The molecule has 0 spiro atoms. The van der Waals surface area contributed by atoms with Crippen LogP contribution in [0.5, 0.6) is 5.88 Å². The van der Waals surface area contributed by atoms with Crippen molar-refractivity contribution in [1.82, 2.24) is 19.9 Å². The van der Waals surface area contributed by atoms with Gasteiger partial charge in [0.05, 0.1) is 23.3 Å². The molecule has 30 heavy (non-hydrogen) atoms. The van der Waals surface area contributed by atoms with Crippen molar-refractivity contribution in [2.75, 3.05) is 11.8 Å². The Kier molecular flexibility index (Phi) is 6.97. The number of benzene rings is 1. The zero-order valence-electron chi connectivity index (χ0n) is 16.7. The quantitative estimate of drug-likeness (QED) is 0.477. The van der Waals surface area contributed by atoms with Crippen molar-refractivity contribution in [3.05, 3.63) is 67.1 Å². The molecule has 154 valence electrons. The van der Waals surface area contributed by atoms with E-state index in [9.17, 15) is 8.60 Å². The molecule has 3 aromatic heterocycles. The van der Waals surface area contributed by atoms with E-state index >= 15 is 0 Å². The Morgan fingerprint density at radius 1 is 1.03 bits per heavy atom. The fourth-order valence-electron chi connectivity index (χ4n) is 2.70. The Bertz CT molecular complexity index is 1170. The first-order chi connectivity index (χ1) is 14.7. The van der Waals surface area contributed by atoms with Gasteiger partial charge in [-0.05, 0) is 35.7 Å². The number of hydrogen-bond acceptors (Lipinski definition) is 6. The molecular formula is C21H20FN5O2S. The van der Waals surface area contributed by atoms with Crippen LogP contribution in [0.3, 0.4) is 0 Å². The number of rotatable bonds is 5. The normalized spacial score (nSPS) is 11.3. The summed E-state index contributed by atoms with van der Waals surface area (Å²) in [6, 6.07) is 11.8. The third-order valence-corrected chi connectivity index (χ3v) is 5.09. The highest BCUT2D eigenvalue weighted by atomic mass is 32.2. The Morgan fingerprint density at radius 3 is 2.57 bits per heavy atom. The lowest BCUT2D eigenvalue weighted by Crippen LogP contribution is -2.06. The number of hydrogen-bond donors (Lipinski definition) is 1. The predicted molar refractivity (Wildman–Crippen MR) is 115 cm³/mol. The molecular weight excluding hydrogens is 405 g/mol. The van der Waals surface area contributed by atoms with Crippen molar-refractivity contribution in [1.29, 1.82) is 0 Å². The molecule has 0 aliphatic rings. The number of ether oxygens (including phenoxy) is 1. The van der Waals surface area contributed by atoms with Crippen LogP contribution < -0.4 is 9.46 Å². The van der Waals surface area contributed by atoms with Crippen LogP contribution in [-0.4, -0.2) is 31.3 Å². The predicted octanol–water partition coefficient (Wildman–Crippen LogP) is 4.40. The Balaban J connectivity index is 0.00000124. The maximum absolute atomic E-state index is 14.4. The van der Waals surface area contributed by atoms with Gasteiger partial charge in [0.25, 0.3) is 0 Å². The maximum atomic E-state index is 14.4. The third-order valence-electron chi connectivity index (χ3n) is 4.02. The summed E-state index contributed by atoms with van der Waals surface area (Å²) in [5.41, 5.74) is 0.714. The van der Waals surface area contributed by atoms with Crippen LogP contribution >= 0.6 is 0 Å². The lowest BCUT2D eigenvalue weighted by Gasteiger charge is -2.09. The average Bonchev–Trinajstić information content (AvgIpc) is 2.80. The van der Waals surface area contributed by atoms with Crippen LogP contribution in [-0.2, 0) is 11.0 Å². The summed E-state index contributed by atoms with van der Waals surface area (Å²) in [4.78, 5) is 16.4. The standard InChI is InChI=1S/C19H14FN5O2S.C2H6/c1-27-17-5-4-15(19(20)24-17)18-14-3-2-13(10-12(14)6-9-22-18)28(26)25-16-7-8-21-11-23-16;1-2/h2-11H,1H3,(H,21,23,25);1-2H3. The third kappa shape index (κ3) is 4.57. The lowest BCUT2D eigenvalue weighted by atomic mass is 10.1. The van der Waals surface area contributed by atoms with Gasteiger partial charge in [0.1, 0.15) is 12.1 Å². The monoisotopic (exact) mass is 425 g/mol. The number of anilines is 1. The van der Waals surface area contributed by atoms with Crippen molar-refractivity contribution in [2.45, 2.75) is 18.7 Å². The number of pyridine rings is 2. The molecule has 7 nitrogen and oxygen atoms in total.